The van der Waals surface area contributed by atoms with Gasteiger partial charge in [0.2, 0.25) is 0 Å². The fourth-order valence-electron chi connectivity index (χ4n) is 0.783. The molecule has 0 aromatic heterocycles. The van der Waals surface area contributed by atoms with Gasteiger partial charge in [0.05, 0.1) is 10.7 Å². The van der Waals surface area contributed by atoms with E-state index in [1.165, 1.54) is 18.2 Å². The van der Waals surface area contributed by atoms with Crippen molar-refractivity contribution in [2.24, 2.45) is 0 Å². The van der Waals surface area contributed by atoms with Crippen LogP contribution in [-0.2, 0) is 10.2 Å². The standard InChI is InChI=1S/C6H5ClFNO2S/c7-4-2-1-3-5(9)6(4)12(8,10)11/h1-3H,9H2. The third-order valence-corrected chi connectivity index (χ3v) is 2.61. The van der Waals surface area contributed by atoms with Gasteiger partial charge in [0.25, 0.3) is 0 Å². The number of hydrogen-bond acceptors (Lipinski definition) is 3. The highest BCUT2D eigenvalue weighted by Crippen LogP contribution is 2.28. The zero-order chi connectivity index (χ0) is 9.35. The molecule has 0 aliphatic rings. The number of rotatable bonds is 1. The molecule has 0 radical (unpaired) electrons. The highest BCUT2D eigenvalue weighted by molar-refractivity contribution is 7.86. The summed E-state index contributed by atoms with van der Waals surface area (Å²) in [6, 6.07) is 3.95. The van der Waals surface area contributed by atoms with Crippen molar-refractivity contribution in [1.29, 1.82) is 0 Å². The van der Waals surface area contributed by atoms with Crippen LogP contribution in [-0.4, -0.2) is 8.42 Å². The third kappa shape index (κ3) is 1.67. The fraction of sp³-hybridized carbons (Fsp3) is 0. The van der Waals surface area contributed by atoms with Crippen molar-refractivity contribution in [2.75, 3.05) is 5.73 Å². The molecular formula is C6H5ClFNO2S. The quantitative estimate of drug-likeness (QED) is 0.564. The molecule has 0 aliphatic heterocycles. The Morgan fingerprint density at radius 2 is 2.00 bits per heavy atom. The molecule has 0 amide bonds. The van der Waals surface area contributed by atoms with Gasteiger partial charge in [-0.2, -0.15) is 8.42 Å². The van der Waals surface area contributed by atoms with Crippen molar-refractivity contribution in [3.05, 3.63) is 23.2 Å². The van der Waals surface area contributed by atoms with Gasteiger partial charge in [0.15, 0.2) is 0 Å². The Hall–Kier alpha value is -0.810. The molecule has 66 valence electrons. The SMILES string of the molecule is Nc1cccc(Cl)c1S(=O)(=O)F. The molecule has 3 nitrogen and oxygen atoms in total. The van der Waals surface area contributed by atoms with Crippen LogP contribution in [0.3, 0.4) is 0 Å². The Labute approximate surface area is 74.2 Å². The topological polar surface area (TPSA) is 60.2 Å². The van der Waals surface area contributed by atoms with Crippen molar-refractivity contribution < 1.29 is 12.3 Å². The van der Waals surface area contributed by atoms with E-state index in [1.807, 2.05) is 0 Å². The van der Waals surface area contributed by atoms with Crippen LogP contribution in [0.25, 0.3) is 0 Å². The van der Waals surface area contributed by atoms with Crippen molar-refractivity contribution in [3.8, 4) is 0 Å². The lowest BCUT2D eigenvalue weighted by atomic mass is 10.3. The molecule has 0 unspecified atom stereocenters. The largest absolute Gasteiger partial charge is 0.398 e. The molecule has 12 heavy (non-hydrogen) atoms. The summed E-state index contributed by atoms with van der Waals surface area (Å²) in [5.74, 6) is 0. The van der Waals surface area contributed by atoms with Crippen LogP contribution >= 0.6 is 11.6 Å². The molecule has 0 spiro atoms. The number of halogens is 2. The molecule has 1 aromatic carbocycles. The van der Waals surface area contributed by atoms with E-state index in [0.717, 1.165) is 0 Å². The van der Waals surface area contributed by atoms with Crippen LogP contribution in [0, 0.1) is 0 Å². The Bertz CT molecular complexity index is 384. The van der Waals surface area contributed by atoms with Crippen LogP contribution in [0.5, 0.6) is 0 Å². The van der Waals surface area contributed by atoms with Crippen molar-refractivity contribution in [1.82, 2.24) is 0 Å². The molecule has 6 heteroatoms. The monoisotopic (exact) mass is 209 g/mol. The Balaban J connectivity index is 3.53. The highest BCUT2D eigenvalue weighted by atomic mass is 35.5. The average molecular weight is 210 g/mol. The second kappa shape index (κ2) is 2.91. The van der Waals surface area contributed by atoms with E-state index in [4.69, 9.17) is 17.3 Å². The Morgan fingerprint density at radius 3 is 2.33 bits per heavy atom. The predicted molar refractivity (Wildman–Crippen MR) is 44.2 cm³/mol. The fourth-order valence-corrected chi connectivity index (χ4v) is 1.89. The first-order valence-corrected chi connectivity index (χ1v) is 4.67. The summed E-state index contributed by atoms with van der Waals surface area (Å²) < 4.78 is 33.3. The summed E-state index contributed by atoms with van der Waals surface area (Å²) in [7, 11) is -4.82. The normalized spacial score (nSPS) is 11.5. The predicted octanol–water partition coefficient (Wildman–Crippen LogP) is 1.58. The molecular weight excluding hydrogens is 205 g/mol. The Morgan fingerprint density at radius 1 is 1.42 bits per heavy atom. The van der Waals surface area contributed by atoms with E-state index in [9.17, 15) is 12.3 Å². The minimum atomic E-state index is -4.82. The number of hydrogen-bond donors (Lipinski definition) is 1. The molecule has 0 saturated carbocycles. The maximum atomic E-state index is 12.5. The number of anilines is 1. The van der Waals surface area contributed by atoms with E-state index in [1.54, 1.807) is 0 Å². The summed E-state index contributed by atoms with van der Waals surface area (Å²) >= 11 is 5.41. The number of benzene rings is 1. The first kappa shape index (κ1) is 9.28. The first-order chi connectivity index (χ1) is 5.43. The highest BCUT2D eigenvalue weighted by Gasteiger charge is 2.19. The van der Waals surface area contributed by atoms with Gasteiger partial charge in [-0.25, -0.2) is 0 Å². The van der Waals surface area contributed by atoms with Crippen molar-refractivity contribution in [3.63, 3.8) is 0 Å². The third-order valence-electron chi connectivity index (χ3n) is 1.24. The van der Waals surface area contributed by atoms with Crippen LogP contribution < -0.4 is 5.73 Å². The van der Waals surface area contributed by atoms with E-state index in [0.29, 0.717) is 0 Å². The summed E-state index contributed by atoms with van der Waals surface area (Å²) in [5, 5.41) is -0.211. The van der Waals surface area contributed by atoms with Crippen molar-refractivity contribution >= 4 is 27.5 Å². The van der Waals surface area contributed by atoms with Gasteiger partial charge < -0.3 is 5.73 Å². The van der Waals surface area contributed by atoms with Gasteiger partial charge in [-0.3, -0.25) is 0 Å². The van der Waals surface area contributed by atoms with Crippen LogP contribution in [0.2, 0.25) is 5.02 Å². The second-order valence-corrected chi connectivity index (χ2v) is 3.79. The molecule has 1 aromatic rings. The van der Waals surface area contributed by atoms with E-state index in [2.05, 4.69) is 0 Å². The smallest absolute Gasteiger partial charge is 0.335 e. The summed E-state index contributed by atoms with van der Waals surface area (Å²) in [5.41, 5.74) is 5.01. The molecule has 1 rings (SSSR count). The maximum Gasteiger partial charge on any atom is 0.335 e. The minimum absolute atomic E-state index is 0.190. The molecule has 2 N–H and O–H groups in total. The molecule has 0 heterocycles. The van der Waals surface area contributed by atoms with E-state index in [-0.39, 0.29) is 10.7 Å². The summed E-state index contributed by atoms with van der Waals surface area (Å²) in [6.45, 7) is 0. The van der Waals surface area contributed by atoms with Gasteiger partial charge in [0.1, 0.15) is 4.90 Å². The van der Waals surface area contributed by atoms with Crippen LogP contribution in [0.4, 0.5) is 9.57 Å². The summed E-state index contributed by atoms with van der Waals surface area (Å²) in [4.78, 5) is -0.660. The second-order valence-electron chi connectivity index (χ2n) is 2.10. The van der Waals surface area contributed by atoms with Gasteiger partial charge in [0, 0.05) is 0 Å². The van der Waals surface area contributed by atoms with Crippen LogP contribution in [0.15, 0.2) is 23.1 Å². The molecule has 0 saturated heterocycles. The van der Waals surface area contributed by atoms with Gasteiger partial charge in [-0.1, -0.05) is 17.7 Å². The Kier molecular flexibility index (Phi) is 2.25. The zero-order valence-corrected chi connectivity index (χ0v) is 7.36. The maximum absolute atomic E-state index is 12.5. The van der Waals surface area contributed by atoms with Crippen LogP contribution in [0.1, 0.15) is 0 Å². The lowest BCUT2D eigenvalue weighted by Gasteiger charge is -2.01. The lowest BCUT2D eigenvalue weighted by Crippen LogP contribution is -1.99. The van der Waals surface area contributed by atoms with Gasteiger partial charge in [-0.15, -0.1) is 3.89 Å². The minimum Gasteiger partial charge on any atom is -0.398 e. The van der Waals surface area contributed by atoms with Gasteiger partial charge in [-0.05, 0) is 12.1 Å². The zero-order valence-electron chi connectivity index (χ0n) is 5.79. The number of nitrogen functional groups attached to an aromatic ring is 1. The molecule has 0 bridgehead atoms. The molecule has 0 aliphatic carbocycles. The molecule has 0 atom stereocenters. The van der Waals surface area contributed by atoms with Gasteiger partial charge >= 0.3 is 10.2 Å². The summed E-state index contributed by atoms with van der Waals surface area (Å²) in [6.07, 6.45) is 0. The number of nitrogens with two attached hydrogens (primary N) is 1. The molecule has 0 fully saturated rings. The van der Waals surface area contributed by atoms with Crippen molar-refractivity contribution in [2.45, 2.75) is 4.90 Å². The first-order valence-electron chi connectivity index (χ1n) is 2.91. The lowest BCUT2D eigenvalue weighted by molar-refractivity contribution is 0.552. The van der Waals surface area contributed by atoms with E-state index < -0.39 is 15.1 Å². The van der Waals surface area contributed by atoms with E-state index >= 15 is 0 Å². The average Bonchev–Trinajstić information content (AvgIpc) is 1.82.